The molecular weight excluding hydrogens is 561 g/mol. The van der Waals surface area contributed by atoms with Crippen LogP contribution in [0.3, 0.4) is 0 Å². The number of hydrogen-bond donors (Lipinski definition) is 0. The molecule has 0 saturated carbocycles. The third kappa shape index (κ3) is 6.77. The molecule has 0 radical (unpaired) electrons. The van der Waals surface area contributed by atoms with Crippen molar-refractivity contribution >= 4 is 51.7 Å². The summed E-state index contributed by atoms with van der Waals surface area (Å²) in [6, 6.07) is 32.0. The Kier molecular flexibility index (Phi) is 11.6. The van der Waals surface area contributed by atoms with Gasteiger partial charge in [-0.25, -0.2) is 0 Å². The molecule has 11 heteroatoms. The maximum atomic E-state index is 6.74. The normalized spacial score (nSPS) is 13.1. The summed E-state index contributed by atoms with van der Waals surface area (Å²) in [5, 5.41) is 3.09. The lowest BCUT2D eigenvalue weighted by atomic mass is 10.2. The van der Waals surface area contributed by atoms with Crippen LogP contribution in [0.1, 0.15) is 0 Å². The molecule has 0 aliphatic heterocycles. The van der Waals surface area contributed by atoms with Crippen molar-refractivity contribution in [2.24, 2.45) is 0 Å². The molecule has 3 aromatic rings. The first-order valence-corrected chi connectivity index (χ1v) is 19.8. The summed E-state index contributed by atoms with van der Waals surface area (Å²) >= 11 is 0. The summed E-state index contributed by atoms with van der Waals surface area (Å²) in [6.45, 7) is 0. The van der Waals surface area contributed by atoms with Crippen LogP contribution in [0.5, 0.6) is 0 Å². The quantitative estimate of drug-likeness (QED) is 0.232. The van der Waals surface area contributed by atoms with E-state index in [4.69, 9.17) is 31.0 Å². The zero-order chi connectivity index (χ0) is 28.4. The molecule has 0 heterocycles. The number of benzene rings is 3. The summed E-state index contributed by atoms with van der Waals surface area (Å²) in [7, 11) is 1.79. The van der Waals surface area contributed by atoms with Gasteiger partial charge in [-0.3, -0.25) is 0 Å². The summed E-state index contributed by atoms with van der Waals surface area (Å²) in [5.41, 5.74) is -0.789. The fourth-order valence-electron chi connectivity index (χ4n) is 5.45. The molecule has 3 aromatic carbocycles. The molecule has 0 aliphatic rings. The van der Waals surface area contributed by atoms with E-state index in [2.05, 4.69) is 36.4 Å². The average molecular weight is 603 g/mol. The molecular formula is C28H42O7Si4. The van der Waals surface area contributed by atoms with Gasteiger partial charge >= 0.3 is 25.7 Å². The smallest absolute Gasteiger partial charge is 0.374 e. The van der Waals surface area contributed by atoms with Gasteiger partial charge in [-0.05, 0) is 15.6 Å². The summed E-state index contributed by atoms with van der Waals surface area (Å²) in [4.78, 5) is 0. The van der Waals surface area contributed by atoms with Crippen LogP contribution in [0.25, 0.3) is 0 Å². The van der Waals surface area contributed by atoms with E-state index >= 15 is 0 Å². The molecule has 0 aromatic heterocycles. The summed E-state index contributed by atoms with van der Waals surface area (Å²) in [5.74, 6) is 0. The molecule has 39 heavy (non-hydrogen) atoms. The highest BCUT2D eigenvalue weighted by Crippen LogP contribution is 2.40. The van der Waals surface area contributed by atoms with E-state index < -0.39 is 31.3 Å². The van der Waals surface area contributed by atoms with Crippen LogP contribution < -0.4 is 15.6 Å². The van der Waals surface area contributed by atoms with Gasteiger partial charge in [0, 0.05) is 60.8 Å². The second-order valence-corrected chi connectivity index (χ2v) is 19.7. The number of rotatable bonds is 16. The Bertz CT molecular complexity index is 971. The van der Waals surface area contributed by atoms with Crippen LogP contribution in [0.4, 0.5) is 0 Å². The van der Waals surface area contributed by atoms with Gasteiger partial charge in [0.2, 0.25) is 0 Å². The van der Waals surface area contributed by atoms with Crippen LogP contribution in [0.15, 0.2) is 91.0 Å². The molecule has 3 rings (SSSR count). The Morgan fingerprint density at radius 2 is 0.692 bits per heavy atom. The maximum Gasteiger partial charge on any atom is 0.374 e. The van der Waals surface area contributed by atoms with Gasteiger partial charge in [0.25, 0.3) is 0 Å². The van der Waals surface area contributed by atoms with Gasteiger partial charge in [-0.15, -0.1) is 0 Å². The third-order valence-electron chi connectivity index (χ3n) is 7.72. The van der Waals surface area contributed by atoms with Crippen LogP contribution in [-0.2, 0) is 31.0 Å². The number of hydrogen-bond acceptors (Lipinski definition) is 7. The van der Waals surface area contributed by atoms with Crippen molar-refractivity contribution in [2.75, 3.05) is 42.7 Å². The molecule has 0 unspecified atom stereocenters. The summed E-state index contributed by atoms with van der Waals surface area (Å²) in [6.07, 6.45) is 0. The Balaban J connectivity index is 2.24. The molecule has 0 atom stereocenters. The Morgan fingerprint density at radius 1 is 0.462 bits per heavy atom. The molecule has 0 spiro atoms. The monoisotopic (exact) mass is 602 g/mol. The summed E-state index contributed by atoms with van der Waals surface area (Å²) < 4.78 is 44.7. The predicted octanol–water partition coefficient (Wildman–Crippen LogP) is 1.95. The van der Waals surface area contributed by atoms with Gasteiger partial charge < -0.3 is 31.0 Å². The van der Waals surface area contributed by atoms with Crippen molar-refractivity contribution in [1.82, 2.24) is 0 Å². The van der Waals surface area contributed by atoms with Gasteiger partial charge in [0.15, 0.2) is 0 Å². The minimum absolute atomic E-state index is 0.462. The molecule has 0 aliphatic carbocycles. The average Bonchev–Trinajstić information content (AvgIpc) is 3.02. The lowest BCUT2D eigenvalue weighted by Gasteiger charge is -2.46. The predicted molar refractivity (Wildman–Crippen MR) is 166 cm³/mol. The lowest BCUT2D eigenvalue weighted by molar-refractivity contribution is 0.0958. The molecule has 0 amide bonds. The fraction of sp³-hybridized carbons (Fsp3) is 0.357. The van der Waals surface area contributed by atoms with Gasteiger partial charge in [-0.2, -0.15) is 0 Å². The molecule has 0 fully saturated rings. The zero-order valence-corrected chi connectivity index (χ0v) is 29.1. The van der Waals surface area contributed by atoms with Crippen molar-refractivity contribution in [2.45, 2.75) is 23.7 Å². The highest BCUT2D eigenvalue weighted by molar-refractivity contribution is 6.85. The highest BCUT2D eigenvalue weighted by Gasteiger charge is 2.58. The van der Waals surface area contributed by atoms with Crippen LogP contribution in [-0.4, -0.2) is 84.4 Å². The Hall–Kier alpha value is -1.75. The zero-order valence-electron chi connectivity index (χ0n) is 24.1. The Labute approximate surface area is 239 Å². The van der Waals surface area contributed by atoms with Crippen molar-refractivity contribution in [1.29, 1.82) is 0 Å². The molecule has 0 saturated heterocycles. The SMILES string of the molecule is CO[Si](CC(C[Si](OC)(OC)c1ccccc1)(C[Si](OC)(OC)c1ccccc1)O[SiH3])(OC)c1ccccc1. The molecule has 212 valence electrons. The first-order chi connectivity index (χ1) is 18.9. The minimum atomic E-state index is -3.01. The van der Waals surface area contributed by atoms with E-state index in [0.29, 0.717) is 28.6 Å². The van der Waals surface area contributed by atoms with Crippen molar-refractivity contribution in [3.05, 3.63) is 91.0 Å². The largest absolute Gasteiger partial charge is 0.423 e. The second-order valence-electron chi connectivity index (χ2n) is 9.50. The minimum Gasteiger partial charge on any atom is -0.423 e. The van der Waals surface area contributed by atoms with Crippen molar-refractivity contribution < 1.29 is 31.0 Å². The second kappa shape index (κ2) is 14.2. The molecule has 0 N–H and O–H groups in total. The van der Waals surface area contributed by atoms with Gasteiger partial charge in [0.05, 0.1) is 5.60 Å². The van der Waals surface area contributed by atoms with Gasteiger partial charge in [0.1, 0.15) is 10.5 Å². The first kappa shape index (κ1) is 31.8. The molecule has 7 nitrogen and oxygen atoms in total. The highest BCUT2D eigenvalue weighted by atomic mass is 28.4. The lowest BCUT2D eigenvalue weighted by Crippen LogP contribution is -2.66. The molecule has 0 bridgehead atoms. The van der Waals surface area contributed by atoms with E-state index in [0.717, 1.165) is 15.6 Å². The van der Waals surface area contributed by atoms with E-state index in [9.17, 15) is 0 Å². The maximum absolute atomic E-state index is 6.74. The van der Waals surface area contributed by atoms with Crippen LogP contribution >= 0.6 is 0 Å². The van der Waals surface area contributed by atoms with Gasteiger partial charge in [-0.1, -0.05) is 91.0 Å². The van der Waals surface area contributed by atoms with E-state index in [-0.39, 0.29) is 0 Å². The van der Waals surface area contributed by atoms with E-state index in [1.807, 2.05) is 54.6 Å². The van der Waals surface area contributed by atoms with Crippen molar-refractivity contribution in [3.63, 3.8) is 0 Å². The fourth-order valence-corrected chi connectivity index (χ4v) is 16.7. The van der Waals surface area contributed by atoms with E-state index in [1.54, 1.807) is 42.7 Å². The first-order valence-electron chi connectivity index (χ1n) is 12.9. The van der Waals surface area contributed by atoms with E-state index in [1.165, 1.54) is 0 Å². The van der Waals surface area contributed by atoms with Crippen LogP contribution in [0.2, 0.25) is 18.1 Å². The topological polar surface area (TPSA) is 64.6 Å². The van der Waals surface area contributed by atoms with Crippen LogP contribution in [0, 0.1) is 0 Å². The standard InChI is InChI=1S/C28H42O7Si4/c1-29-37(30-2,25-16-10-7-11-17-25)22-28(35-36,23-38(31-3,32-4)26-18-12-8-13-19-26)24-39(33-5,34-6)27-20-14-9-15-21-27/h7-21H,22-24H2,1-6,36H3. The van der Waals surface area contributed by atoms with Crippen molar-refractivity contribution in [3.8, 4) is 0 Å². The Morgan fingerprint density at radius 3 is 0.872 bits per heavy atom. The third-order valence-corrected chi connectivity index (χ3v) is 19.5.